The first-order valence-corrected chi connectivity index (χ1v) is 9.93. The van der Waals surface area contributed by atoms with Crippen LogP contribution in [-0.4, -0.2) is 27.0 Å². The van der Waals surface area contributed by atoms with Gasteiger partial charge < -0.3 is 14.5 Å². The Labute approximate surface area is 184 Å². The van der Waals surface area contributed by atoms with Crippen LogP contribution in [-0.2, 0) is 6.61 Å². The number of rotatable bonds is 6. The predicted molar refractivity (Wildman–Crippen MR) is 117 cm³/mol. The Kier molecular flexibility index (Phi) is 5.86. The fraction of sp³-hybridized carbons (Fsp3) is 0.174. The summed E-state index contributed by atoms with van der Waals surface area (Å²) in [4.78, 5) is 15.5. The van der Waals surface area contributed by atoms with Gasteiger partial charge in [-0.2, -0.15) is 4.39 Å². The van der Waals surface area contributed by atoms with Crippen molar-refractivity contribution in [3.63, 3.8) is 0 Å². The fourth-order valence-electron chi connectivity index (χ4n) is 3.11. The van der Waals surface area contributed by atoms with Crippen LogP contribution < -0.4 is 9.47 Å². The van der Waals surface area contributed by atoms with Gasteiger partial charge in [-0.25, -0.2) is 9.97 Å². The molecule has 0 amide bonds. The van der Waals surface area contributed by atoms with E-state index >= 15 is 0 Å². The molecule has 4 rings (SSSR count). The van der Waals surface area contributed by atoms with Gasteiger partial charge >= 0.3 is 0 Å². The second-order valence-corrected chi connectivity index (χ2v) is 7.41. The second-order valence-electron chi connectivity index (χ2n) is 7.03. The van der Waals surface area contributed by atoms with Crippen LogP contribution in [0.1, 0.15) is 16.8 Å². The van der Waals surface area contributed by atoms with E-state index in [9.17, 15) is 4.39 Å². The van der Waals surface area contributed by atoms with Gasteiger partial charge in [-0.1, -0.05) is 17.7 Å². The third-order valence-corrected chi connectivity index (χ3v) is 5.05. The summed E-state index contributed by atoms with van der Waals surface area (Å²) >= 11 is 6.43. The van der Waals surface area contributed by atoms with E-state index < -0.39 is 5.95 Å². The highest BCUT2D eigenvalue weighted by atomic mass is 35.5. The zero-order chi connectivity index (χ0) is 22.0. The standard InChI is InChI=1S/C23H20ClFN4O2/c1-13-8-17(21-22(24)29-23(28-21)16-6-7-20(25)27-11-16)19(30-3)9-18(13)31-12-15-5-4-14(2)26-10-15/h4-11H,12H2,1-3H3,(H,28,29). The number of ether oxygens (including phenoxy) is 2. The number of imidazole rings is 1. The predicted octanol–water partition coefficient (Wildman–Crippen LogP) is 5.53. The first-order chi connectivity index (χ1) is 14.9. The Hall–Kier alpha value is -3.45. The van der Waals surface area contributed by atoms with Crippen molar-refractivity contribution in [1.82, 2.24) is 19.9 Å². The van der Waals surface area contributed by atoms with Crippen molar-refractivity contribution in [1.29, 1.82) is 0 Å². The number of nitrogens with zero attached hydrogens (tertiary/aromatic N) is 3. The van der Waals surface area contributed by atoms with Crippen molar-refractivity contribution in [3.8, 4) is 34.1 Å². The van der Waals surface area contributed by atoms with Crippen LogP contribution >= 0.6 is 11.6 Å². The van der Waals surface area contributed by atoms with Gasteiger partial charge in [0.05, 0.1) is 7.11 Å². The Morgan fingerprint density at radius 2 is 1.87 bits per heavy atom. The summed E-state index contributed by atoms with van der Waals surface area (Å²) in [6.07, 6.45) is 3.19. The van der Waals surface area contributed by atoms with Crippen LogP contribution in [0.15, 0.2) is 48.8 Å². The molecule has 0 aliphatic carbocycles. The Morgan fingerprint density at radius 1 is 1.03 bits per heavy atom. The third-order valence-electron chi connectivity index (χ3n) is 4.78. The topological polar surface area (TPSA) is 72.9 Å². The molecule has 8 heteroatoms. The average molecular weight is 439 g/mol. The number of benzene rings is 1. The maximum absolute atomic E-state index is 13.1. The van der Waals surface area contributed by atoms with E-state index in [0.717, 1.165) is 16.8 Å². The molecular formula is C23H20ClFN4O2. The minimum Gasteiger partial charge on any atom is -0.496 e. The number of methoxy groups -OCH3 is 1. The molecule has 0 aliphatic rings. The van der Waals surface area contributed by atoms with Crippen LogP contribution in [0.3, 0.4) is 0 Å². The monoisotopic (exact) mass is 438 g/mol. The number of H-pyrrole nitrogens is 1. The number of hydrogen-bond donors (Lipinski definition) is 1. The van der Waals surface area contributed by atoms with Gasteiger partial charge in [-0.05, 0) is 43.7 Å². The molecule has 3 heterocycles. The van der Waals surface area contributed by atoms with Crippen molar-refractivity contribution in [2.45, 2.75) is 20.5 Å². The van der Waals surface area contributed by atoms with Gasteiger partial charge in [-0.15, -0.1) is 0 Å². The summed E-state index contributed by atoms with van der Waals surface area (Å²) < 4.78 is 24.7. The van der Waals surface area contributed by atoms with Crippen molar-refractivity contribution in [2.24, 2.45) is 0 Å². The quantitative estimate of drug-likeness (QED) is 0.400. The molecule has 1 aromatic carbocycles. The fourth-order valence-corrected chi connectivity index (χ4v) is 3.34. The lowest BCUT2D eigenvalue weighted by atomic mass is 10.1. The lowest BCUT2D eigenvalue weighted by Gasteiger charge is -2.14. The van der Waals surface area contributed by atoms with Gasteiger partial charge in [0.1, 0.15) is 34.8 Å². The molecule has 0 aliphatic heterocycles. The molecule has 1 N–H and O–H groups in total. The zero-order valence-electron chi connectivity index (χ0n) is 17.2. The van der Waals surface area contributed by atoms with Crippen LogP contribution in [0.5, 0.6) is 11.5 Å². The normalized spacial score (nSPS) is 10.9. The minimum atomic E-state index is -0.559. The molecular weight excluding hydrogens is 419 g/mol. The van der Waals surface area contributed by atoms with Crippen molar-refractivity contribution in [3.05, 3.63) is 76.7 Å². The number of hydrogen-bond acceptors (Lipinski definition) is 5. The van der Waals surface area contributed by atoms with E-state index in [1.807, 2.05) is 38.1 Å². The van der Waals surface area contributed by atoms with Gasteiger partial charge in [0.15, 0.2) is 0 Å². The Balaban J connectivity index is 1.64. The van der Waals surface area contributed by atoms with Gasteiger partial charge in [-0.3, -0.25) is 4.98 Å². The summed E-state index contributed by atoms with van der Waals surface area (Å²) in [5, 5.41) is 0.344. The lowest BCUT2D eigenvalue weighted by Crippen LogP contribution is -1.99. The van der Waals surface area contributed by atoms with Crippen molar-refractivity contribution in [2.75, 3.05) is 7.11 Å². The second kappa shape index (κ2) is 8.73. The first kappa shape index (κ1) is 20.8. The van der Waals surface area contributed by atoms with Crippen LogP contribution in [0, 0.1) is 19.8 Å². The molecule has 0 radical (unpaired) electrons. The number of aromatic nitrogens is 4. The smallest absolute Gasteiger partial charge is 0.212 e. The van der Waals surface area contributed by atoms with E-state index in [4.69, 9.17) is 21.1 Å². The largest absolute Gasteiger partial charge is 0.496 e. The number of aromatic amines is 1. The van der Waals surface area contributed by atoms with Gasteiger partial charge in [0.25, 0.3) is 0 Å². The van der Waals surface area contributed by atoms with Gasteiger partial charge in [0.2, 0.25) is 5.95 Å². The summed E-state index contributed by atoms with van der Waals surface area (Å²) in [7, 11) is 1.58. The molecule has 0 bridgehead atoms. The van der Waals surface area contributed by atoms with Crippen LogP contribution in [0.4, 0.5) is 4.39 Å². The molecule has 0 unspecified atom stereocenters. The van der Waals surface area contributed by atoms with E-state index in [2.05, 4.69) is 19.9 Å². The summed E-state index contributed by atoms with van der Waals surface area (Å²) in [6, 6.07) is 10.5. The summed E-state index contributed by atoms with van der Waals surface area (Å²) in [6.45, 7) is 4.27. The summed E-state index contributed by atoms with van der Waals surface area (Å²) in [5.74, 6) is 1.19. The Morgan fingerprint density at radius 3 is 2.55 bits per heavy atom. The molecule has 4 aromatic rings. The molecule has 0 saturated heterocycles. The third kappa shape index (κ3) is 4.51. The number of pyridine rings is 2. The van der Waals surface area contributed by atoms with E-state index in [-0.39, 0.29) is 0 Å². The first-order valence-electron chi connectivity index (χ1n) is 9.55. The van der Waals surface area contributed by atoms with Crippen LogP contribution in [0.2, 0.25) is 5.15 Å². The highest BCUT2D eigenvalue weighted by molar-refractivity contribution is 6.32. The highest BCUT2D eigenvalue weighted by Gasteiger charge is 2.18. The molecule has 31 heavy (non-hydrogen) atoms. The number of aryl methyl sites for hydroxylation is 2. The number of nitrogens with one attached hydrogen (secondary N) is 1. The molecule has 0 saturated carbocycles. The highest BCUT2D eigenvalue weighted by Crippen LogP contribution is 2.39. The van der Waals surface area contributed by atoms with Crippen molar-refractivity contribution < 1.29 is 13.9 Å². The van der Waals surface area contributed by atoms with E-state index in [0.29, 0.717) is 45.9 Å². The summed E-state index contributed by atoms with van der Waals surface area (Å²) in [5.41, 5.74) is 4.69. The maximum Gasteiger partial charge on any atom is 0.212 e. The maximum atomic E-state index is 13.1. The molecule has 0 atom stereocenters. The molecule has 3 aromatic heterocycles. The number of halogens is 2. The zero-order valence-corrected chi connectivity index (χ0v) is 18.0. The lowest BCUT2D eigenvalue weighted by molar-refractivity contribution is 0.301. The van der Waals surface area contributed by atoms with E-state index in [1.54, 1.807) is 19.4 Å². The molecule has 0 spiro atoms. The minimum absolute atomic E-state index is 0.344. The average Bonchev–Trinajstić information content (AvgIpc) is 3.15. The molecule has 0 fully saturated rings. The van der Waals surface area contributed by atoms with E-state index in [1.165, 1.54) is 12.3 Å². The van der Waals surface area contributed by atoms with Gasteiger partial charge in [0, 0.05) is 40.8 Å². The van der Waals surface area contributed by atoms with Crippen molar-refractivity contribution >= 4 is 11.6 Å². The Bertz CT molecular complexity index is 1210. The van der Waals surface area contributed by atoms with Crippen LogP contribution in [0.25, 0.3) is 22.6 Å². The molecule has 158 valence electrons. The molecule has 6 nitrogen and oxygen atoms in total. The SMILES string of the molecule is COc1cc(OCc2ccc(C)nc2)c(C)cc1-c1nc(-c2ccc(F)nc2)[nH]c1Cl.